The molecule has 1 aliphatic rings. The fourth-order valence-electron chi connectivity index (χ4n) is 3.03. The van der Waals surface area contributed by atoms with Crippen molar-refractivity contribution in [3.05, 3.63) is 64.4 Å². The van der Waals surface area contributed by atoms with Gasteiger partial charge in [-0.1, -0.05) is 41.9 Å². The predicted octanol–water partition coefficient (Wildman–Crippen LogP) is 4.60. The first-order valence-electron chi connectivity index (χ1n) is 8.08. The van der Waals surface area contributed by atoms with Crippen LogP contribution in [0, 0.1) is 11.7 Å². The fraction of sp³-hybridized carbons (Fsp3) is 0.368. The Balaban J connectivity index is 1.67. The van der Waals surface area contributed by atoms with Crippen LogP contribution in [0.3, 0.4) is 0 Å². The summed E-state index contributed by atoms with van der Waals surface area (Å²) in [6.45, 7) is 2.38. The summed E-state index contributed by atoms with van der Waals surface area (Å²) in [7, 11) is 0. The summed E-state index contributed by atoms with van der Waals surface area (Å²) in [6, 6.07) is 13.1. The van der Waals surface area contributed by atoms with E-state index < -0.39 is 0 Å². The van der Waals surface area contributed by atoms with E-state index in [4.69, 9.17) is 16.3 Å². The van der Waals surface area contributed by atoms with Crippen molar-refractivity contribution in [3.63, 3.8) is 0 Å². The lowest BCUT2D eigenvalue weighted by molar-refractivity contribution is 0.290. The highest BCUT2D eigenvalue weighted by molar-refractivity contribution is 6.32. The van der Waals surface area contributed by atoms with E-state index in [0.29, 0.717) is 17.5 Å². The molecule has 2 aromatic carbocycles. The molecule has 0 bridgehead atoms. The van der Waals surface area contributed by atoms with Gasteiger partial charge in [0.05, 0.1) is 5.02 Å². The Labute approximate surface area is 141 Å². The quantitative estimate of drug-likeness (QED) is 0.863. The van der Waals surface area contributed by atoms with Crippen LogP contribution in [0.4, 0.5) is 4.39 Å². The van der Waals surface area contributed by atoms with Gasteiger partial charge in [0.25, 0.3) is 0 Å². The molecular formula is C19H21ClFNO. The zero-order valence-electron chi connectivity index (χ0n) is 13.0. The number of ether oxygens (including phenoxy) is 1. The van der Waals surface area contributed by atoms with Gasteiger partial charge in [0, 0.05) is 0 Å². The molecular weight excluding hydrogens is 313 g/mol. The second-order valence-corrected chi connectivity index (χ2v) is 6.49. The summed E-state index contributed by atoms with van der Waals surface area (Å²) in [5.74, 6) is 0.309. The van der Waals surface area contributed by atoms with Crippen LogP contribution in [-0.4, -0.2) is 13.1 Å². The zero-order chi connectivity index (χ0) is 16.1. The molecule has 0 aliphatic carbocycles. The van der Waals surface area contributed by atoms with Crippen LogP contribution in [0.15, 0.2) is 42.5 Å². The third-order valence-corrected chi connectivity index (χ3v) is 4.49. The molecule has 4 heteroatoms. The molecule has 23 heavy (non-hydrogen) atoms. The summed E-state index contributed by atoms with van der Waals surface area (Å²) >= 11 is 6.24. The van der Waals surface area contributed by atoms with Crippen molar-refractivity contribution < 1.29 is 9.13 Å². The maximum absolute atomic E-state index is 14.3. The van der Waals surface area contributed by atoms with E-state index in [1.807, 2.05) is 36.4 Å². The van der Waals surface area contributed by atoms with Gasteiger partial charge in [-0.3, -0.25) is 0 Å². The van der Waals surface area contributed by atoms with E-state index in [1.54, 1.807) is 6.07 Å². The fourth-order valence-corrected chi connectivity index (χ4v) is 3.31. The van der Waals surface area contributed by atoms with Crippen molar-refractivity contribution in [1.29, 1.82) is 0 Å². The van der Waals surface area contributed by atoms with Gasteiger partial charge in [-0.25, -0.2) is 4.39 Å². The number of piperidine rings is 1. The van der Waals surface area contributed by atoms with Gasteiger partial charge in [-0.2, -0.15) is 0 Å². The van der Waals surface area contributed by atoms with Crippen LogP contribution in [0.5, 0.6) is 5.75 Å². The van der Waals surface area contributed by atoms with Gasteiger partial charge < -0.3 is 10.1 Å². The van der Waals surface area contributed by atoms with Gasteiger partial charge in [0.1, 0.15) is 6.61 Å². The predicted molar refractivity (Wildman–Crippen MR) is 91.5 cm³/mol. The van der Waals surface area contributed by atoms with Crippen molar-refractivity contribution in [2.45, 2.75) is 25.9 Å². The molecule has 122 valence electrons. The molecule has 1 N–H and O–H groups in total. The highest BCUT2D eigenvalue weighted by atomic mass is 35.5. The Bertz CT molecular complexity index is 618. The summed E-state index contributed by atoms with van der Waals surface area (Å²) < 4.78 is 19.9. The topological polar surface area (TPSA) is 21.3 Å². The molecule has 0 aromatic heterocycles. The third-order valence-electron chi connectivity index (χ3n) is 4.21. The number of benzene rings is 2. The summed E-state index contributed by atoms with van der Waals surface area (Å²) in [5.41, 5.74) is 1.92. The molecule has 1 saturated heterocycles. The molecule has 1 fully saturated rings. The lowest BCUT2D eigenvalue weighted by Crippen LogP contribution is -2.30. The van der Waals surface area contributed by atoms with E-state index in [-0.39, 0.29) is 11.6 Å². The second kappa shape index (κ2) is 7.80. The van der Waals surface area contributed by atoms with E-state index in [1.165, 1.54) is 12.8 Å². The largest absolute Gasteiger partial charge is 0.484 e. The minimum absolute atomic E-state index is 0.140. The van der Waals surface area contributed by atoms with Crippen LogP contribution >= 0.6 is 11.6 Å². The maximum atomic E-state index is 14.3. The first-order chi connectivity index (χ1) is 11.2. The highest BCUT2D eigenvalue weighted by Gasteiger charge is 2.17. The molecule has 2 aromatic rings. The van der Waals surface area contributed by atoms with E-state index >= 15 is 0 Å². The number of halogens is 2. The first kappa shape index (κ1) is 16.3. The molecule has 0 saturated carbocycles. The highest BCUT2D eigenvalue weighted by Crippen LogP contribution is 2.31. The maximum Gasteiger partial charge on any atom is 0.174 e. The summed E-state index contributed by atoms with van der Waals surface area (Å²) in [6.07, 6.45) is 3.21. The Morgan fingerprint density at radius 2 is 2.00 bits per heavy atom. The summed E-state index contributed by atoms with van der Waals surface area (Å²) in [4.78, 5) is 0. The van der Waals surface area contributed by atoms with Gasteiger partial charge in [0.15, 0.2) is 11.6 Å². The minimum Gasteiger partial charge on any atom is -0.484 e. The molecule has 0 radical (unpaired) electrons. The smallest absolute Gasteiger partial charge is 0.174 e. The molecule has 0 spiro atoms. The number of hydrogen-bond acceptors (Lipinski definition) is 2. The average molecular weight is 334 g/mol. The summed E-state index contributed by atoms with van der Waals surface area (Å²) in [5, 5.41) is 3.73. The molecule has 2 nitrogen and oxygen atoms in total. The zero-order valence-corrected chi connectivity index (χ0v) is 13.8. The number of nitrogens with one attached hydrogen (secondary N) is 1. The molecule has 1 aliphatic heterocycles. The third kappa shape index (κ3) is 4.46. The molecule has 0 amide bonds. The Morgan fingerprint density at radius 3 is 2.70 bits per heavy atom. The standard InChI is InChI=1S/C19H21ClFNO/c20-17-10-16(9-15-7-4-8-22-12-15)11-18(21)19(17)23-13-14-5-2-1-3-6-14/h1-3,5-6,10-11,15,22H,4,7-9,12-13H2. The molecule has 1 unspecified atom stereocenters. The van der Waals surface area contributed by atoms with Crippen molar-refractivity contribution in [1.82, 2.24) is 5.32 Å². The molecule has 3 rings (SSSR count). The van der Waals surface area contributed by atoms with E-state index in [0.717, 1.165) is 30.6 Å². The Morgan fingerprint density at radius 1 is 1.17 bits per heavy atom. The monoisotopic (exact) mass is 333 g/mol. The number of rotatable bonds is 5. The Hall–Kier alpha value is -1.58. The van der Waals surface area contributed by atoms with Gasteiger partial charge in [-0.15, -0.1) is 0 Å². The Kier molecular flexibility index (Phi) is 5.52. The van der Waals surface area contributed by atoms with Gasteiger partial charge in [0.2, 0.25) is 0 Å². The molecule has 1 heterocycles. The lowest BCUT2D eigenvalue weighted by atomic mass is 9.92. The number of hydrogen-bond donors (Lipinski definition) is 1. The normalized spacial score (nSPS) is 17.9. The average Bonchev–Trinajstić information content (AvgIpc) is 2.56. The van der Waals surface area contributed by atoms with Crippen LogP contribution in [-0.2, 0) is 13.0 Å². The molecule has 1 atom stereocenters. The van der Waals surface area contributed by atoms with Crippen molar-refractivity contribution >= 4 is 11.6 Å². The second-order valence-electron chi connectivity index (χ2n) is 6.08. The van der Waals surface area contributed by atoms with Crippen molar-refractivity contribution in [2.75, 3.05) is 13.1 Å². The van der Waals surface area contributed by atoms with Gasteiger partial charge in [-0.05, 0) is 61.5 Å². The first-order valence-corrected chi connectivity index (χ1v) is 8.45. The van der Waals surface area contributed by atoms with Gasteiger partial charge >= 0.3 is 0 Å². The van der Waals surface area contributed by atoms with Crippen LogP contribution in [0.2, 0.25) is 5.02 Å². The van der Waals surface area contributed by atoms with E-state index in [2.05, 4.69) is 5.32 Å². The van der Waals surface area contributed by atoms with Crippen LogP contribution < -0.4 is 10.1 Å². The van der Waals surface area contributed by atoms with Crippen LogP contribution in [0.25, 0.3) is 0 Å². The van der Waals surface area contributed by atoms with Crippen molar-refractivity contribution in [2.24, 2.45) is 5.92 Å². The van der Waals surface area contributed by atoms with E-state index in [9.17, 15) is 4.39 Å². The lowest BCUT2D eigenvalue weighted by Gasteiger charge is -2.23. The van der Waals surface area contributed by atoms with Crippen LogP contribution in [0.1, 0.15) is 24.0 Å². The minimum atomic E-state index is -0.382. The SMILES string of the molecule is Fc1cc(CC2CCCNC2)cc(Cl)c1OCc1ccccc1. The van der Waals surface area contributed by atoms with Crippen molar-refractivity contribution in [3.8, 4) is 5.75 Å².